The number of hydrogen-bond acceptors (Lipinski definition) is 3. The third-order valence-corrected chi connectivity index (χ3v) is 6.93. The van der Waals surface area contributed by atoms with E-state index in [-0.39, 0.29) is 11.7 Å². The Hall–Kier alpha value is -2.34. The molecule has 6 heteroatoms. The fourth-order valence-electron chi connectivity index (χ4n) is 5.13. The van der Waals surface area contributed by atoms with E-state index in [1.807, 2.05) is 6.07 Å². The number of rotatable bonds is 10. The second-order valence-electron chi connectivity index (χ2n) is 10.2. The number of ketones is 1. The van der Waals surface area contributed by atoms with Crippen molar-refractivity contribution < 1.29 is 22.7 Å². The van der Waals surface area contributed by atoms with Crippen LogP contribution in [0.15, 0.2) is 42.5 Å². The number of ether oxygens (including phenoxy) is 1. The first kappa shape index (κ1) is 27.3. The van der Waals surface area contributed by atoms with E-state index in [2.05, 4.69) is 30.9 Å². The summed E-state index contributed by atoms with van der Waals surface area (Å²) in [7, 11) is 1.72. The molecule has 2 aromatic rings. The molecule has 0 amide bonds. The lowest BCUT2D eigenvalue weighted by Crippen LogP contribution is -2.39. The van der Waals surface area contributed by atoms with E-state index in [4.69, 9.17) is 4.74 Å². The molecule has 3 nitrogen and oxygen atoms in total. The van der Waals surface area contributed by atoms with Crippen LogP contribution in [0.4, 0.5) is 18.9 Å². The van der Waals surface area contributed by atoms with Crippen LogP contribution in [-0.4, -0.2) is 32.1 Å². The zero-order valence-corrected chi connectivity index (χ0v) is 21.3. The average Bonchev–Trinajstić information content (AvgIpc) is 2.82. The summed E-state index contributed by atoms with van der Waals surface area (Å²) < 4.78 is 44.6. The van der Waals surface area contributed by atoms with Gasteiger partial charge in [-0.25, -0.2) is 0 Å². The lowest BCUT2D eigenvalue weighted by molar-refractivity contribution is -0.137. The Balaban J connectivity index is 2.06. The van der Waals surface area contributed by atoms with Crippen LogP contribution in [0.5, 0.6) is 0 Å². The molecule has 0 N–H and O–H groups in total. The Morgan fingerprint density at radius 2 is 1.80 bits per heavy atom. The first-order chi connectivity index (χ1) is 16.6. The molecule has 0 bridgehead atoms. The van der Waals surface area contributed by atoms with Gasteiger partial charge in [-0.1, -0.05) is 32.0 Å². The molecule has 1 aliphatic rings. The van der Waals surface area contributed by atoms with Crippen molar-refractivity contribution in [3.8, 4) is 11.1 Å². The number of benzene rings is 2. The number of piperidine rings is 1. The molecule has 1 aliphatic heterocycles. The maximum atomic E-state index is 13.1. The molecule has 3 rings (SSSR count). The monoisotopic (exact) mass is 489 g/mol. The maximum Gasteiger partial charge on any atom is 0.416 e. The molecule has 0 radical (unpaired) electrons. The molecule has 0 spiro atoms. The SMILES string of the molecule is COCCCC1CCCCN1c1cc(-c2ccc(C(F)(F)F)cc2)cc([C@@H](CC(C)C)C(C)=O)c1. The normalized spacial score (nSPS) is 17.6. The summed E-state index contributed by atoms with van der Waals surface area (Å²) in [4.78, 5) is 15.1. The van der Waals surface area contributed by atoms with E-state index in [0.717, 1.165) is 79.8 Å². The topological polar surface area (TPSA) is 29.5 Å². The molecule has 1 fully saturated rings. The van der Waals surface area contributed by atoms with Crippen molar-refractivity contribution in [2.45, 2.75) is 77.4 Å². The predicted octanol–water partition coefficient (Wildman–Crippen LogP) is 7.88. The van der Waals surface area contributed by atoms with Gasteiger partial charge in [-0.2, -0.15) is 13.2 Å². The fraction of sp³-hybridized carbons (Fsp3) is 0.552. The van der Waals surface area contributed by atoms with Gasteiger partial charge in [-0.05, 0) is 92.3 Å². The highest BCUT2D eigenvalue weighted by Gasteiger charge is 2.30. The van der Waals surface area contributed by atoms with Crippen LogP contribution in [0.1, 0.15) is 76.3 Å². The largest absolute Gasteiger partial charge is 0.416 e. The summed E-state index contributed by atoms with van der Waals surface area (Å²) >= 11 is 0. The molecule has 192 valence electrons. The molecule has 1 heterocycles. The predicted molar refractivity (Wildman–Crippen MR) is 136 cm³/mol. The summed E-state index contributed by atoms with van der Waals surface area (Å²) in [5, 5.41) is 0. The zero-order valence-electron chi connectivity index (χ0n) is 21.3. The number of carbonyl (C=O) groups excluding carboxylic acids is 1. The quantitative estimate of drug-likeness (QED) is 0.318. The first-order valence-corrected chi connectivity index (χ1v) is 12.7. The van der Waals surface area contributed by atoms with Crippen molar-refractivity contribution in [3.05, 3.63) is 53.6 Å². The molecular weight excluding hydrogens is 451 g/mol. The second kappa shape index (κ2) is 12.1. The van der Waals surface area contributed by atoms with Crippen LogP contribution < -0.4 is 4.90 Å². The molecular formula is C29H38F3NO2. The first-order valence-electron chi connectivity index (χ1n) is 12.7. The molecule has 35 heavy (non-hydrogen) atoms. The fourth-order valence-corrected chi connectivity index (χ4v) is 5.13. The van der Waals surface area contributed by atoms with Crippen LogP contribution in [0.25, 0.3) is 11.1 Å². The number of anilines is 1. The van der Waals surface area contributed by atoms with E-state index in [0.29, 0.717) is 12.0 Å². The number of hydrogen-bond donors (Lipinski definition) is 0. The standard InChI is InChI=1S/C29H38F3NO2/c1-20(2)16-28(21(3)34)24-17-23(22-10-12-25(13-11-22)29(30,31)32)18-27(19-24)33-14-6-5-8-26(33)9-7-15-35-4/h10-13,17-20,26,28H,5-9,14-16H2,1-4H3/t26?,28-/m0/s1. The van der Waals surface area contributed by atoms with Gasteiger partial charge in [0.05, 0.1) is 5.56 Å². The zero-order chi connectivity index (χ0) is 25.6. The summed E-state index contributed by atoms with van der Waals surface area (Å²) in [6.45, 7) is 7.50. The second-order valence-corrected chi connectivity index (χ2v) is 10.2. The number of nitrogens with zero attached hydrogens (tertiary/aromatic N) is 1. The van der Waals surface area contributed by atoms with Crippen molar-refractivity contribution in [3.63, 3.8) is 0 Å². The third kappa shape index (κ3) is 7.33. The summed E-state index contributed by atoms with van der Waals surface area (Å²) in [5.41, 5.74) is 2.91. The van der Waals surface area contributed by atoms with Crippen LogP contribution in [0.3, 0.4) is 0 Å². The smallest absolute Gasteiger partial charge is 0.385 e. The van der Waals surface area contributed by atoms with Crippen molar-refractivity contribution >= 4 is 11.5 Å². The highest BCUT2D eigenvalue weighted by atomic mass is 19.4. The average molecular weight is 490 g/mol. The minimum atomic E-state index is -4.37. The molecule has 0 aliphatic carbocycles. The van der Waals surface area contributed by atoms with Crippen LogP contribution in [0.2, 0.25) is 0 Å². The summed E-state index contributed by atoms with van der Waals surface area (Å²) in [6.07, 6.45) is 1.76. The third-order valence-electron chi connectivity index (χ3n) is 6.93. The number of methoxy groups -OCH3 is 1. The van der Waals surface area contributed by atoms with Crippen molar-refractivity contribution in [2.75, 3.05) is 25.2 Å². The van der Waals surface area contributed by atoms with Crippen molar-refractivity contribution in [1.29, 1.82) is 0 Å². The van der Waals surface area contributed by atoms with Crippen LogP contribution >= 0.6 is 0 Å². The van der Waals surface area contributed by atoms with Crippen LogP contribution in [-0.2, 0) is 15.7 Å². The summed E-state index contributed by atoms with van der Waals surface area (Å²) in [6, 6.07) is 11.9. The lowest BCUT2D eigenvalue weighted by atomic mass is 9.85. The van der Waals surface area contributed by atoms with E-state index in [1.54, 1.807) is 14.0 Å². The van der Waals surface area contributed by atoms with Gasteiger partial charge in [-0.15, -0.1) is 0 Å². The van der Waals surface area contributed by atoms with Gasteiger partial charge < -0.3 is 9.64 Å². The highest BCUT2D eigenvalue weighted by Crippen LogP contribution is 2.37. The minimum absolute atomic E-state index is 0.115. The van der Waals surface area contributed by atoms with E-state index >= 15 is 0 Å². The Labute approximate surface area is 207 Å². The number of alkyl halides is 3. The lowest BCUT2D eigenvalue weighted by Gasteiger charge is -2.38. The van der Waals surface area contributed by atoms with Crippen LogP contribution in [0, 0.1) is 5.92 Å². The van der Waals surface area contributed by atoms with Gasteiger partial charge in [0.25, 0.3) is 0 Å². The summed E-state index contributed by atoms with van der Waals surface area (Å²) in [5.74, 6) is 0.225. The van der Waals surface area contributed by atoms with Gasteiger partial charge in [0.15, 0.2) is 0 Å². The Morgan fingerprint density at radius 3 is 2.40 bits per heavy atom. The number of halogens is 3. The van der Waals surface area contributed by atoms with Gasteiger partial charge in [-0.3, -0.25) is 4.79 Å². The van der Waals surface area contributed by atoms with Crippen molar-refractivity contribution in [2.24, 2.45) is 5.92 Å². The number of Topliss-reactive ketones (excluding diaryl/α,β-unsaturated/α-hetero) is 1. The van der Waals surface area contributed by atoms with Gasteiger partial charge in [0.2, 0.25) is 0 Å². The Bertz CT molecular complexity index is 969. The highest BCUT2D eigenvalue weighted by molar-refractivity contribution is 5.85. The molecule has 1 unspecified atom stereocenters. The Morgan fingerprint density at radius 1 is 1.09 bits per heavy atom. The van der Waals surface area contributed by atoms with E-state index in [1.165, 1.54) is 18.6 Å². The van der Waals surface area contributed by atoms with Gasteiger partial charge in [0.1, 0.15) is 5.78 Å². The van der Waals surface area contributed by atoms with Gasteiger partial charge >= 0.3 is 6.18 Å². The molecule has 0 aromatic heterocycles. The molecule has 2 atom stereocenters. The molecule has 0 saturated carbocycles. The minimum Gasteiger partial charge on any atom is -0.385 e. The maximum absolute atomic E-state index is 13.1. The molecule has 2 aromatic carbocycles. The van der Waals surface area contributed by atoms with E-state index in [9.17, 15) is 18.0 Å². The van der Waals surface area contributed by atoms with Crippen molar-refractivity contribution in [1.82, 2.24) is 0 Å². The molecule has 1 saturated heterocycles. The van der Waals surface area contributed by atoms with E-state index < -0.39 is 11.7 Å². The number of carbonyl (C=O) groups is 1. The Kier molecular flexibility index (Phi) is 9.40. The van der Waals surface area contributed by atoms with Gasteiger partial charge in [0, 0.05) is 37.9 Å².